The normalized spacial score (nSPS) is 25.4. The van der Waals surface area contributed by atoms with E-state index in [1.165, 1.54) is 9.71 Å². The molecule has 1 unspecified atom stereocenters. The molecule has 4 rings (SSSR count). The summed E-state index contributed by atoms with van der Waals surface area (Å²) < 4.78 is 6.64. The van der Waals surface area contributed by atoms with Crippen LogP contribution in [0.25, 0.3) is 10.2 Å². The smallest absolute Gasteiger partial charge is 0.407 e. The first-order valence-corrected chi connectivity index (χ1v) is 9.91. The number of benzene rings is 1. The fourth-order valence-electron chi connectivity index (χ4n) is 4.00. The summed E-state index contributed by atoms with van der Waals surface area (Å²) in [7, 11) is 0. The van der Waals surface area contributed by atoms with Crippen molar-refractivity contribution >= 4 is 27.6 Å². The first-order chi connectivity index (χ1) is 12.1. The number of fused-ring (bicyclic) bond motifs is 1. The lowest BCUT2D eigenvalue weighted by Crippen LogP contribution is -2.40. The minimum atomic E-state index is -0.821. The van der Waals surface area contributed by atoms with Gasteiger partial charge in [0, 0.05) is 25.7 Å². The van der Waals surface area contributed by atoms with E-state index < -0.39 is 6.09 Å². The van der Waals surface area contributed by atoms with Gasteiger partial charge in [-0.05, 0) is 49.3 Å². The third-order valence-corrected chi connectivity index (χ3v) is 6.65. The van der Waals surface area contributed by atoms with Gasteiger partial charge in [-0.25, -0.2) is 9.78 Å². The molecule has 0 saturated carbocycles. The van der Waals surface area contributed by atoms with Crippen molar-refractivity contribution in [1.29, 1.82) is 0 Å². The van der Waals surface area contributed by atoms with Gasteiger partial charge in [0.1, 0.15) is 0 Å². The van der Waals surface area contributed by atoms with Crippen molar-refractivity contribution in [3.05, 3.63) is 28.8 Å². The fourth-order valence-corrected chi connectivity index (χ4v) is 5.12. The number of likely N-dealkylation sites (tertiary alicyclic amines) is 1. The maximum Gasteiger partial charge on any atom is 0.407 e. The van der Waals surface area contributed by atoms with Gasteiger partial charge in [-0.15, -0.1) is 11.3 Å². The number of carbonyl (C=O) groups is 1. The van der Waals surface area contributed by atoms with Crippen LogP contribution in [0, 0.1) is 5.92 Å². The van der Waals surface area contributed by atoms with Gasteiger partial charge in [0.05, 0.1) is 21.3 Å². The largest absolute Gasteiger partial charge is 0.465 e. The molecule has 0 bridgehead atoms. The topological polar surface area (TPSA) is 62.7 Å². The molecule has 1 aromatic carbocycles. The van der Waals surface area contributed by atoms with E-state index in [4.69, 9.17) is 9.72 Å². The molecule has 5 nitrogen and oxygen atoms in total. The highest BCUT2D eigenvalue weighted by Gasteiger charge is 2.31. The number of nitrogens with zero attached hydrogens (tertiary/aromatic N) is 2. The zero-order chi connectivity index (χ0) is 17.4. The Bertz CT molecular complexity index is 769. The molecule has 0 aliphatic carbocycles. The molecule has 6 heteroatoms. The van der Waals surface area contributed by atoms with Crippen molar-refractivity contribution in [2.45, 2.75) is 44.6 Å². The first-order valence-electron chi connectivity index (χ1n) is 9.09. The van der Waals surface area contributed by atoms with Gasteiger partial charge in [0.2, 0.25) is 0 Å². The van der Waals surface area contributed by atoms with E-state index in [0.717, 1.165) is 50.0 Å². The molecule has 2 atom stereocenters. The highest BCUT2D eigenvalue weighted by molar-refractivity contribution is 7.18. The second-order valence-corrected chi connectivity index (χ2v) is 8.36. The quantitative estimate of drug-likeness (QED) is 0.847. The third-order valence-electron chi connectivity index (χ3n) is 5.45. The summed E-state index contributed by atoms with van der Waals surface area (Å²) in [5.74, 6) is 0.927. The molecule has 2 fully saturated rings. The van der Waals surface area contributed by atoms with Crippen LogP contribution >= 0.6 is 11.3 Å². The lowest BCUT2D eigenvalue weighted by Gasteiger charge is -2.37. The molecule has 2 saturated heterocycles. The van der Waals surface area contributed by atoms with E-state index in [2.05, 4.69) is 25.1 Å². The van der Waals surface area contributed by atoms with Gasteiger partial charge in [-0.3, -0.25) is 0 Å². The number of hydrogen-bond donors (Lipinski definition) is 1. The van der Waals surface area contributed by atoms with Crippen molar-refractivity contribution in [2.24, 2.45) is 5.92 Å². The van der Waals surface area contributed by atoms with Crippen LogP contribution in [0.2, 0.25) is 0 Å². The van der Waals surface area contributed by atoms with Crippen LogP contribution in [0.15, 0.2) is 18.2 Å². The third kappa shape index (κ3) is 3.37. The number of carboxylic acid groups (broad SMARTS) is 1. The predicted octanol–water partition coefficient (Wildman–Crippen LogP) is 4.64. The van der Waals surface area contributed by atoms with Gasteiger partial charge < -0.3 is 14.7 Å². The van der Waals surface area contributed by atoms with Crippen molar-refractivity contribution in [3.8, 4) is 0 Å². The van der Waals surface area contributed by atoms with Gasteiger partial charge in [-0.1, -0.05) is 13.0 Å². The molecule has 134 valence electrons. The average Bonchev–Trinajstić information content (AvgIpc) is 3.05. The number of rotatable bonds is 2. The summed E-state index contributed by atoms with van der Waals surface area (Å²) in [5, 5.41) is 10.8. The summed E-state index contributed by atoms with van der Waals surface area (Å²) in [4.78, 5) is 18.1. The molecule has 2 aromatic rings. The Morgan fingerprint density at radius 1 is 1.28 bits per heavy atom. The highest BCUT2D eigenvalue weighted by atomic mass is 32.1. The Balaban J connectivity index is 1.62. The monoisotopic (exact) mass is 360 g/mol. The highest BCUT2D eigenvalue weighted by Crippen LogP contribution is 2.37. The lowest BCUT2D eigenvalue weighted by atomic mass is 9.90. The molecule has 1 amide bonds. The van der Waals surface area contributed by atoms with Crippen LogP contribution in [0.1, 0.15) is 55.1 Å². The Morgan fingerprint density at radius 3 is 2.84 bits per heavy atom. The second-order valence-electron chi connectivity index (χ2n) is 7.30. The number of hydrogen-bond acceptors (Lipinski definition) is 4. The van der Waals surface area contributed by atoms with Crippen LogP contribution in [-0.2, 0) is 4.74 Å². The molecule has 3 heterocycles. The van der Waals surface area contributed by atoms with Gasteiger partial charge in [-0.2, -0.15) is 0 Å². The maximum atomic E-state index is 11.7. The molecule has 0 radical (unpaired) electrons. The molecular weight excluding hydrogens is 336 g/mol. The van der Waals surface area contributed by atoms with Crippen molar-refractivity contribution in [2.75, 3.05) is 19.8 Å². The van der Waals surface area contributed by atoms with Crippen molar-refractivity contribution in [3.63, 3.8) is 0 Å². The van der Waals surface area contributed by atoms with E-state index in [9.17, 15) is 9.90 Å². The summed E-state index contributed by atoms with van der Waals surface area (Å²) in [5.41, 5.74) is 2.08. The Morgan fingerprint density at radius 2 is 2.08 bits per heavy atom. The van der Waals surface area contributed by atoms with Gasteiger partial charge in [0.15, 0.2) is 0 Å². The number of piperidine rings is 1. The molecular formula is C19H24N2O3S. The van der Waals surface area contributed by atoms with Crippen LogP contribution in [0.3, 0.4) is 0 Å². The minimum absolute atomic E-state index is 0.0497. The van der Waals surface area contributed by atoms with Crippen LogP contribution < -0.4 is 0 Å². The summed E-state index contributed by atoms with van der Waals surface area (Å²) >= 11 is 1.77. The Labute approximate surface area is 151 Å². The minimum Gasteiger partial charge on any atom is -0.465 e. The molecule has 2 aliphatic heterocycles. The molecule has 0 spiro atoms. The SMILES string of the molecule is C[C@H]1CCC(c2ccc3sc(C4CCOCC4)nc3c2)N(C(=O)O)C1. The Hall–Kier alpha value is -1.66. The molecule has 25 heavy (non-hydrogen) atoms. The van der Waals surface area contributed by atoms with Crippen LogP contribution in [-0.4, -0.2) is 40.8 Å². The fraction of sp³-hybridized carbons (Fsp3) is 0.579. The van der Waals surface area contributed by atoms with Crippen LogP contribution in [0.5, 0.6) is 0 Å². The number of thiazole rings is 1. The van der Waals surface area contributed by atoms with Gasteiger partial charge in [0.25, 0.3) is 0 Å². The number of ether oxygens (including phenoxy) is 1. The van der Waals surface area contributed by atoms with Crippen molar-refractivity contribution < 1.29 is 14.6 Å². The standard InChI is InChI=1S/C19H24N2O3S/c1-12-2-4-16(21(11-12)19(22)23)14-3-5-17-15(10-14)20-18(25-17)13-6-8-24-9-7-13/h3,5,10,12-13,16H,2,4,6-9,11H2,1H3,(H,22,23)/t12-,16?/m0/s1. The van der Waals surface area contributed by atoms with Gasteiger partial charge >= 0.3 is 6.09 Å². The Kier molecular flexibility index (Phi) is 4.65. The average molecular weight is 360 g/mol. The second kappa shape index (κ2) is 6.92. The summed E-state index contributed by atoms with van der Waals surface area (Å²) in [6.07, 6.45) is 3.21. The van der Waals surface area contributed by atoms with Crippen molar-refractivity contribution in [1.82, 2.24) is 9.88 Å². The summed E-state index contributed by atoms with van der Waals surface area (Å²) in [6.45, 7) is 4.37. The van der Waals surface area contributed by atoms with E-state index >= 15 is 0 Å². The molecule has 1 N–H and O–H groups in total. The van der Waals surface area contributed by atoms with Crippen LogP contribution in [0.4, 0.5) is 4.79 Å². The maximum absolute atomic E-state index is 11.7. The first kappa shape index (κ1) is 16.8. The van der Waals surface area contributed by atoms with E-state index in [-0.39, 0.29) is 6.04 Å². The van der Waals surface area contributed by atoms with E-state index in [1.54, 1.807) is 16.2 Å². The molecule has 2 aliphatic rings. The van der Waals surface area contributed by atoms with E-state index in [0.29, 0.717) is 18.4 Å². The zero-order valence-corrected chi connectivity index (χ0v) is 15.3. The predicted molar refractivity (Wildman–Crippen MR) is 98.3 cm³/mol. The lowest BCUT2D eigenvalue weighted by molar-refractivity contribution is 0.0853. The zero-order valence-electron chi connectivity index (χ0n) is 14.5. The molecule has 1 aromatic heterocycles. The number of aromatic nitrogens is 1. The summed E-state index contributed by atoms with van der Waals surface area (Å²) in [6, 6.07) is 6.26. The van der Waals surface area contributed by atoms with E-state index in [1.807, 2.05) is 0 Å². The number of amides is 1.